The highest BCUT2D eigenvalue weighted by atomic mass is 16.5. The summed E-state index contributed by atoms with van der Waals surface area (Å²) in [4.78, 5) is 22.7. The third-order valence-corrected chi connectivity index (χ3v) is 6.53. The fourth-order valence-electron chi connectivity index (χ4n) is 4.80. The molecule has 0 unspecified atom stereocenters. The van der Waals surface area contributed by atoms with Crippen molar-refractivity contribution in [2.45, 2.75) is 45.7 Å². The molecule has 5 rings (SSSR count). The number of aromatic amines is 1. The van der Waals surface area contributed by atoms with E-state index in [9.17, 15) is 4.79 Å². The molecule has 1 aliphatic heterocycles. The number of fused-ring (bicyclic) bond motifs is 2. The van der Waals surface area contributed by atoms with Gasteiger partial charge in [-0.25, -0.2) is 14.3 Å². The van der Waals surface area contributed by atoms with E-state index >= 15 is 0 Å². The van der Waals surface area contributed by atoms with Crippen molar-refractivity contribution in [3.8, 4) is 16.9 Å². The van der Waals surface area contributed by atoms with Gasteiger partial charge in [0.15, 0.2) is 11.4 Å². The van der Waals surface area contributed by atoms with Gasteiger partial charge >= 0.3 is 5.69 Å². The molecule has 4 aromatic rings. The van der Waals surface area contributed by atoms with Crippen molar-refractivity contribution in [2.24, 2.45) is 0 Å². The molecule has 1 aromatic carbocycles. The Morgan fingerprint density at radius 1 is 1.19 bits per heavy atom. The molecular weight excluding hydrogens is 392 g/mol. The van der Waals surface area contributed by atoms with Crippen LogP contribution in [0.15, 0.2) is 35.5 Å². The van der Waals surface area contributed by atoms with E-state index < -0.39 is 0 Å². The van der Waals surface area contributed by atoms with E-state index in [0.29, 0.717) is 17.4 Å². The molecule has 162 valence electrons. The van der Waals surface area contributed by atoms with E-state index in [0.717, 1.165) is 53.7 Å². The fourth-order valence-corrected chi connectivity index (χ4v) is 4.80. The highest BCUT2D eigenvalue weighted by Crippen LogP contribution is 2.33. The van der Waals surface area contributed by atoms with Crippen LogP contribution in [0.5, 0.6) is 5.75 Å². The lowest BCUT2D eigenvalue weighted by Gasteiger charge is -2.35. The monoisotopic (exact) mass is 420 g/mol. The first-order valence-corrected chi connectivity index (χ1v) is 10.8. The molecule has 8 nitrogen and oxygen atoms in total. The maximum atomic E-state index is 12.9. The summed E-state index contributed by atoms with van der Waals surface area (Å²) in [5.41, 5.74) is 5.58. The predicted octanol–water partition coefficient (Wildman–Crippen LogP) is 3.40. The average molecular weight is 421 g/mol. The number of hydrogen-bond donors (Lipinski definition) is 1. The number of benzene rings is 1. The molecule has 31 heavy (non-hydrogen) atoms. The Morgan fingerprint density at radius 3 is 2.68 bits per heavy atom. The van der Waals surface area contributed by atoms with Gasteiger partial charge < -0.3 is 14.6 Å². The molecule has 0 saturated carbocycles. The van der Waals surface area contributed by atoms with Crippen molar-refractivity contribution in [1.29, 1.82) is 0 Å². The van der Waals surface area contributed by atoms with Gasteiger partial charge in [-0.05, 0) is 62.9 Å². The second-order valence-corrected chi connectivity index (χ2v) is 8.67. The number of methoxy groups -OCH3 is 1. The third-order valence-electron chi connectivity index (χ3n) is 6.53. The van der Waals surface area contributed by atoms with Gasteiger partial charge in [-0.3, -0.25) is 4.57 Å². The smallest absolute Gasteiger partial charge is 0.326 e. The molecule has 3 aromatic heterocycles. The third kappa shape index (κ3) is 3.31. The molecule has 0 atom stereocenters. The maximum absolute atomic E-state index is 12.9. The molecule has 0 bridgehead atoms. The van der Waals surface area contributed by atoms with Gasteiger partial charge in [0.25, 0.3) is 0 Å². The van der Waals surface area contributed by atoms with Gasteiger partial charge in [-0.1, -0.05) is 0 Å². The van der Waals surface area contributed by atoms with E-state index in [-0.39, 0.29) is 11.7 Å². The van der Waals surface area contributed by atoms with Crippen LogP contribution in [0.4, 0.5) is 0 Å². The topological polar surface area (TPSA) is 80.5 Å². The number of likely N-dealkylation sites (tertiary alicyclic amines) is 1. The highest BCUT2D eigenvalue weighted by molar-refractivity contribution is 5.85. The second kappa shape index (κ2) is 7.53. The number of piperidine rings is 1. The molecule has 1 aliphatic rings. The van der Waals surface area contributed by atoms with Crippen LogP contribution in [0.3, 0.4) is 0 Å². The minimum Gasteiger partial charge on any atom is -0.493 e. The Morgan fingerprint density at radius 2 is 1.97 bits per heavy atom. The number of H-pyrrole nitrogens is 1. The van der Waals surface area contributed by atoms with Crippen molar-refractivity contribution in [3.05, 3.63) is 46.8 Å². The summed E-state index contributed by atoms with van der Waals surface area (Å²) >= 11 is 0. The zero-order valence-electron chi connectivity index (χ0n) is 18.4. The summed E-state index contributed by atoms with van der Waals surface area (Å²) in [7, 11) is 1.63. The van der Waals surface area contributed by atoms with Crippen LogP contribution >= 0.6 is 0 Å². The van der Waals surface area contributed by atoms with Crippen LogP contribution in [-0.4, -0.2) is 55.3 Å². The Labute approximate surface area is 180 Å². The number of rotatable bonds is 4. The quantitative estimate of drug-likeness (QED) is 0.547. The van der Waals surface area contributed by atoms with Crippen molar-refractivity contribution in [3.63, 3.8) is 0 Å². The lowest BCUT2D eigenvalue weighted by atomic mass is 10.00. The number of pyridine rings is 1. The van der Waals surface area contributed by atoms with Gasteiger partial charge in [0.05, 0.1) is 18.1 Å². The first-order chi connectivity index (χ1) is 15.0. The lowest BCUT2D eigenvalue weighted by molar-refractivity contribution is 0.152. The Balaban J connectivity index is 1.57. The van der Waals surface area contributed by atoms with E-state index in [1.807, 2.05) is 16.8 Å². The normalized spacial score (nSPS) is 16.0. The number of nitrogens with zero attached hydrogens (tertiary/aromatic N) is 5. The molecule has 1 fully saturated rings. The van der Waals surface area contributed by atoms with Gasteiger partial charge in [0.2, 0.25) is 0 Å². The lowest BCUT2D eigenvalue weighted by Crippen LogP contribution is -2.40. The minimum absolute atomic E-state index is 0.0288. The van der Waals surface area contributed by atoms with Crippen LogP contribution in [-0.2, 0) is 0 Å². The van der Waals surface area contributed by atoms with E-state index in [1.54, 1.807) is 11.6 Å². The zero-order valence-corrected chi connectivity index (χ0v) is 18.4. The number of nitrogens with one attached hydrogen (secondary N) is 1. The van der Waals surface area contributed by atoms with Gasteiger partial charge in [-0.15, -0.1) is 0 Å². The Hall–Kier alpha value is -3.13. The second-order valence-electron chi connectivity index (χ2n) is 8.67. The average Bonchev–Trinajstić information content (AvgIpc) is 3.35. The highest BCUT2D eigenvalue weighted by Gasteiger charge is 2.25. The SMILES string of the molecule is COc1cc(-c2cc3[nH]c(=O)n(C4CCN(C(C)C)CC4)c3cc2C)cn2ncnc12. The van der Waals surface area contributed by atoms with Crippen molar-refractivity contribution in [2.75, 3.05) is 20.2 Å². The van der Waals surface area contributed by atoms with Crippen LogP contribution in [0, 0.1) is 6.92 Å². The van der Waals surface area contributed by atoms with Crippen LogP contribution in [0.1, 0.15) is 38.3 Å². The largest absolute Gasteiger partial charge is 0.493 e. The Kier molecular flexibility index (Phi) is 4.81. The first kappa shape index (κ1) is 19.8. The molecule has 8 heteroatoms. The van der Waals surface area contributed by atoms with E-state index in [1.165, 1.54) is 6.33 Å². The number of imidazole rings is 1. The number of ether oxygens (including phenoxy) is 1. The van der Waals surface area contributed by atoms with Crippen LogP contribution in [0.2, 0.25) is 0 Å². The van der Waals surface area contributed by atoms with Crippen molar-refractivity contribution >= 4 is 16.7 Å². The van der Waals surface area contributed by atoms with E-state index in [4.69, 9.17) is 4.74 Å². The van der Waals surface area contributed by atoms with Gasteiger partial charge in [0, 0.05) is 36.9 Å². The van der Waals surface area contributed by atoms with Crippen molar-refractivity contribution < 1.29 is 4.74 Å². The fraction of sp³-hybridized carbons (Fsp3) is 0.435. The molecule has 4 heterocycles. The molecule has 1 saturated heterocycles. The molecular formula is C23H28N6O2. The molecule has 0 amide bonds. The summed E-state index contributed by atoms with van der Waals surface area (Å²) in [5, 5.41) is 4.26. The zero-order chi connectivity index (χ0) is 21.7. The first-order valence-electron chi connectivity index (χ1n) is 10.8. The molecule has 0 radical (unpaired) electrons. The molecule has 0 aliphatic carbocycles. The summed E-state index contributed by atoms with van der Waals surface area (Å²) in [6, 6.07) is 6.92. The summed E-state index contributed by atoms with van der Waals surface area (Å²) < 4.78 is 9.19. The standard InChI is InChI=1S/C23H28N6O2/c1-14(2)27-7-5-17(6-8-27)29-20-9-15(3)18(11-19(20)26-23(29)30)16-10-21(31-4)22-24-13-25-28(22)12-16/h9-14,17H,5-8H2,1-4H3,(H,26,30). The summed E-state index contributed by atoms with van der Waals surface area (Å²) in [6.07, 6.45) is 5.44. The molecule has 0 spiro atoms. The Bertz CT molecular complexity index is 1310. The number of aromatic nitrogens is 5. The minimum atomic E-state index is -0.0288. The molecule has 1 N–H and O–H groups in total. The predicted molar refractivity (Wildman–Crippen MR) is 121 cm³/mol. The van der Waals surface area contributed by atoms with Crippen LogP contribution < -0.4 is 10.4 Å². The van der Waals surface area contributed by atoms with Crippen LogP contribution in [0.25, 0.3) is 27.8 Å². The summed E-state index contributed by atoms with van der Waals surface area (Å²) in [6.45, 7) is 8.59. The number of hydrogen-bond acceptors (Lipinski definition) is 5. The summed E-state index contributed by atoms with van der Waals surface area (Å²) in [5.74, 6) is 0.664. The van der Waals surface area contributed by atoms with Gasteiger partial charge in [-0.2, -0.15) is 5.10 Å². The van der Waals surface area contributed by atoms with Gasteiger partial charge in [0.1, 0.15) is 6.33 Å². The van der Waals surface area contributed by atoms with Crippen molar-refractivity contribution in [1.82, 2.24) is 29.0 Å². The maximum Gasteiger partial charge on any atom is 0.326 e. The number of aryl methyl sites for hydroxylation is 1. The van der Waals surface area contributed by atoms with E-state index in [2.05, 4.69) is 52.9 Å².